The Hall–Kier alpha value is -3.02. The molecule has 1 aromatic carbocycles. The Kier molecular flexibility index (Phi) is 7.21. The van der Waals surface area contributed by atoms with Crippen molar-refractivity contribution in [1.82, 2.24) is 5.32 Å². The Labute approximate surface area is 186 Å². The van der Waals surface area contributed by atoms with E-state index in [-0.39, 0.29) is 21.4 Å². The molecule has 3 rings (SSSR count). The second-order valence-corrected chi connectivity index (χ2v) is 10.3. The molecular formula is C20H18N2O6S3. The summed E-state index contributed by atoms with van der Waals surface area (Å²) in [6, 6.07) is 12.4. The molecule has 2 aromatic heterocycles. The summed E-state index contributed by atoms with van der Waals surface area (Å²) in [7, 11) is -3.84. The van der Waals surface area contributed by atoms with Crippen LogP contribution in [0, 0.1) is 0 Å². The van der Waals surface area contributed by atoms with Gasteiger partial charge in [-0.05, 0) is 35.7 Å². The van der Waals surface area contributed by atoms with Crippen molar-refractivity contribution in [3.8, 4) is 0 Å². The summed E-state index contributed by atoms with van der Waals surface area (Å²) in [6.45, 7) is 1.22. The summed E-state index contributed by atoms with van der Waals surface area (Å²) < 4.78 is 32.5. The molecule has 31 heavy (non-hydrogen) atoms. The number of sulfonamides is 1. The van der Waals surface area contributed by atoms with Crippen molar-refractivity contribution in [2.24, 2.45) is 0 Å². The zero-order chi connectivity index (χ0) is 22.4. The van der Waals surface area contributed by atoms with Crippen LogP contribution >= 0.6 is 22.7 Å². The van der Waals surface area contributed by atoms with Gasteiger partial charge in [0.1, 0.15) is 4.21 Å². The minimum atomic E-state index is -3.84. The van der Waals surface area contributed by atoms with Gasteiger partial charge < -0.3 is 10.1 Å². The number of hydrogen-bond acceptors (Lipinski definition) is 8. The van der Waals surface area contributed by atoms with E-state index in [2.05, 4.69) is 10.0 Å². The van der Waals surface area contributed by atoms with Gasteiger partial charge in [-0.15, -0.1) is 22.7 Å². The molecule has 162 valence electrons. The number of anilines is 1. The van der Waals surface area contributed by atoms with Crippen molar-refractivity contribution >= 4 is 56.0 Å². The van der Waals surface area contributed by atoms with Crippen LogP contribution in [0.25, 0.3) is 0 Å². The van der Waals surface area contributed by atoms with E-state index in [0.29, 0.717) is 11.4 Å². The average molecular weight is 479 g/mol. The van der Waals surface area contributed by atoms with Crippen molar-refractivity contribution < 1.29 is 27.5 Å². The van der Waals surface area contributed by atoms with Crippen LogP contribution in [0.4, 0.5) is 5.69 Å². The monoisotopic (exact) mass is 478 g/mol. The van der Waals surface area contributed by atoms with E-state index in [1.807, 2.05) is 0 Å². The highest BCUT2D eigenvalue weighted by molar-refractivity contribution is 7.94. The summed E-state index contributed by atoms with van der Waals surface area (Å²) in [5.74, 6) is -1.40. The summed E-state index contributed by atoms with van der Waals surface area (Å²) in [5, 5.41) is 4.27. The second kappa shape index (κ2) is 9.86. The van der Waals surface area contributed by atoms with Gasteiger partial charge in [0, 0.05) is 11.8 Å². The fraction of sp³-hybridized carbons (Fsp3) is 0.150. The van der Waals surface area contributed by atoms with E-state index in [1.54, 1.807) is 35.7 Å². The molecule has 0 saturated carbocycles. The Bertz CT molecular complexity index is 1200. The molecule has 0 aliphatic rings. The van der Waals surface area contributed by atoms with Gasteiger partial charge in [0.15, 0.2) is 6.61 Å². The first-order valence-electron chi connectivity index (χ1n) is 8.95. The third kappa shape index (κ3) is 6.00. The van der Waals surface area contributed by atoms with E-state index in [1.165, 1.54) is 36.5 Å². The van der Waals surface area contributed by atoms with E-state index in [0.717, 1.165) is 16.2 Å². The number of rotatable bonds is 9. The Morgan fingerprint density at radius 3 is 2.52 bits per heavy atom. The third-order valence-electron chi connectivity index (χ3n) is 3.93. The average Bonchev–Trinajstić information content (AvgIpc) is 3.43. The fourth-order valence-corrected chi connectivity index (χ4v) is 5.42. The van der Waals surface area contributed by atoms with Gasteiger partial charge in [-0.1, -0.05) is 18.2 Å². The van der Waals surface area contributed by atoms with Crippen LogP contribution in [-0.2, 0) is 26.1 Å². The minimum Gasteiger partial charge on any atom is -0.454 e. The van der Waals surface area contributed by atoms with Crippen molar-refractivity contribution in [2.75, 3.05) is 11.3 Å². The van der Waals surface area contributed by atoms with Crippen LogP contribution in [0.2, 0.25) is 0 Å². The number of benzene rings is 1. The first kappa shape index (κ1) is 22.7. The number of carbonyl (C=O) groups is 3. The van der Waals surface area contributed by atoms with Gasteiger partial charge in [0.2, 0.25) is 11.7 Å². The number of nitrogens with one attached hydrogen (secondary N) is 2. The third-order valence-corrected chi connectivity index (χ3v) is 7.82. The predicted octanol–water partition coefficient (Wildman–Crippen LogP) is 3.29. The van der Waals surface area contributed by atoms with E-state index < -0.39 is 28.4 Å². The van der Waals surface area contributed by atoms with Gasteiger partial charge in [-0.2, -0.15) is 0 Å². The number of ether oxygens (including phenoxy) is 1. The first-order valence-corrected chi connectivity index (χ1v) is 12.1. The lowest BCUT2D eigenvalue weighted by atomic mass is 10.2. The maximum absolute atomic E-state index is 12.5. The lowest BCUT2D eigenvalue weighted by Gasteiger charge is -2.11. The Morgan fingerprint density at radius 2 is 1.81 bits per heavy atom. The molecule has 0 atom stereocenters. The van der Waals surface area contributed by atoms with Crippen molar-refractivity contribution in [1.29, 1.82) is 0 Å². The molecule has 0 radical (unpaired) electrons. The fourth-order valence-electron chi connectivity index (χ4n) is 2.48. The summed E-state index contributed by atoms with van der Waals surface area (Å²) in [4.78, 5) is 37.0. The number of thiophene rings is 2. The van der Waals surface area contributed by atoms with Gasteiger partial charge in [0.25, 0.3) is 10.0 Å². The number of ketones is 1. The highest BCUT2D eigenvalue weighted by Crippen LogP contribution is 2.24. The predicted molar refractivity (Wildman–Crippen MR) is 118 cm³/mol. The zero-order valence-electron chi connectivity index (χ0n) is 16.3. The first-order chi connectivity index (χ1) is 14.8. The maximum atomic E-state index is 12.5. The smallest absolute Gasteiger partial charge is 0.340 e. The Morgan fingerprint density at radius 1 is 1.03 bits per heavy atom. The SMILES string of the molecule is CC(=O)NCc1ccc(C(=O)COC(=O)c2ccccc2NS(=O)(=O)c2cccs2)s1. The van der Waals surface area contributed by atoms with Crippen LogP contribution in [0.15, 0.2) is 58.1 Å². The molecule has 8 nitrogen and oxygen atoms in total. The van der Waals surface area contributed by atoms with Gasteiger partial charge >= 0.3 is 5.97 Å². The molecule has 1 amide bonds. The van der Waals surface area contributed by atoms with Crippen molar-refractivity contribution in [2.45, 2.75) is 17.7 Å². The van der Waals surface area contributed by atoms with E-state index >= 15 is 0 Å². The van der Waals surface area contributed by atoms with E-state index in [9.17, 15) is 22.8 Å². The van der Waals surface area contributed by atoms with E-state index in [4.69, 9.17) is 4.74 Å². The highest BCUT2D eigenvalue weighted by atomic mass is 32.2. The summed E-state index contributed by atoms with van der Waals surface area (Å²) in [6.07, 6.45) is 0. The molecule has 11 heteroatoms. The van der Waals surface area contributed by atoms with Crippen molar-refractivity contribution in [3.63, 3.8) is 0 Å². The molecule has 0 fully saturated rings. The molecule has 2 N–H and O–H groups in total. The largest absolute Gasteiger partial charge is 0.454 e. The topological polar surface area (TPSA) is 119 Å². The van der Waals surface area contributed by atoms with Crippen LogP contribution in [0.5, 0.6) is 0 Å². The maximum Gasteiger partial charge on any atom is 0.340 e. The number of carbonyl (C=O) groups excluding carboxylic acids is 3. The number of Topliss-reactive ketones (excluding diaryl/α,β-unsaturated/α-hetero) is 1. The minimum absolute atomic E-state index is 0.00652. The van der Waals surface area contributed by atoms with Crippen LogP contribution in [-0.4, -0.2) is 32.7 Å². The molecule has 2 heterocycles. The quantitative estimate of drug-likeness (QED) is 0.360. The molecule has 0 aliphatic heterocycles. The van der Waals surface area contributed by atoms with Crippen molar-refractivity contribution in [3.05, 3.63) is 69.2 Å². The Balaban J connectivity index is 1.65. The standard InChI is InChI=1S/C20H18N2O6S3/c1-13(23)21-11-14-8-9-18(30-14)17(24)12-28-20(25)15-5-2-3-6-16(15)22-31(26,27)19-7-4-10-29-19/h2-10,22H,11-12H2,1H3,(H,21,23). The number of para-hydroxylation sites is 1. The molecule has 0 spiro atoms. The molecule has 3 aromatic rings. The highest BCUT2D eigenvalue weighted by Gasteiger charge is 2.21. The molecule has 0 saturated heterocycles. The van der Waals surface area contributed by atoms with Gasteiger partial charge in [-0.3, -0.25) is 14.3 Å². The van der Waals surface area contributed by atoms with Crippen LogP contribution < -0.4 is 10.0 Å². The lowest BCUT2D eigenvalue weighted by Crippen LogP contribution is -2.18. The van der Waals surface area contributed by atoms with Crippen LogP contribution in [0.1, 0.15) is 31.8 Å². The number of esters is 1. The molecule has 0 aliphatic carbocycles. The second-order valence-electron chi connectivity index (χ2n) is 6.26. The molecule has 0 unspecified atom stereocenters. The normalized spacial score (nSPS) is 11.0. The molecule has 0 bridgehead atoms. The number of amides is 1. The lowest BCUT2D eigenvalue weighted by molar-refractivity contribution is -0.119. The summed E-state index contributed by atoms with van der Waals surface area (Å²) in [5.41, 5.74) is 0.0509. The number of hydrogen-bond donors (Lipinski definition) is 2. The summed E-state index contributed by atoms with van der Waals surface area (Å²) >= 11 is 2.24. The van der Waals surface area contributed by atoms with Crippen LogP contribution in [0.3, 0.4) is 0 Å². The van der Waals surface area contributed by atoms with Gasteiger partial charge in [0.05, 0.1) is 22.7 Å². The zero-order valence-corrected chi connectivity index (χ0v) is 18.7. The molecular weight excluding hydrogens is 460 g/mol. The van der Waals surface area contributed by atoms with Gasteiger partial charge in [-0.25, -0.2) is 13.2 Å².